The van der Waals surface area contributed by atoms with E-state index in [9.17, 15) is 0 Å². The van der Waals surface area contributed by atoms with Crippen LogP contribution < -0.4 is 9.80 Å². The molecule has 0 aliphatic carbocycles. The summed E-state index contributed by atoms with van der Waals surface area (Å²) < 4.78 is 0. The first kappa shape index (κ1) is 15.6. The second-order valence-corrected chi connectivity index (χ2v) is 6.77. The summed E-state index contributed by atoms with van der Waals surface area (Å²) in [5.41, 5.74) is 3.29. The van der Waals surface area contributed by atoms with Gasteiger partial charge in [-0.2, -0.15) is 4.98 Å². The minimum Gasteiger partial charge on any atom is -0.347 e. The quantitative estimate of drug-likeness (QED) is 0.864. The van der Waals surface area contributed by atoms with Crippen LogP contribution in [0, 0.1) is 12.8 Å². The Morgan fingerprint density at radius 3 is 2.65 bits per heavy atom. The van der Waals surface area contributed by atoms with Gasteiger partial charge in [0.1, 0.15) is 11.6 Å². The Hall–Kier alpha value is -2.24. The van der Waals surface area contributed by atoms with Gasteiger partial charge in [-0.3, -0.25) is 0 Å². The molecule has 3 heterocycles. The summed E-state index contributed by atoms with van der Waals surface area (Å²) >= 11 is 0. The Balaban J connectivity index is 1.84. The molecule has 0 spiro atoms. The Morgan fingerprint density at radius 1 is 1.17 bits per heavy atom. The summed E-state index contributed by atoms with van der Waals surface area (Å²) in [6, 6.07) is 2.03. The first-order chi connectivity index (χ1) is 10.9. The summed E-state index contributed by atoms with van der Waals surface area (Å²) in [6.45, 7) is 7.97. The standard InChI is InChI=1S/C17H24N6/c1-11(2)6-15-18-8-13-9-23(10-14(13)20-15)16-7-12(3)19-17(21-16)22(4)5/h7-8,11H,6,9-10H2,1-5H3. The minimum atomic E-state index is 0.567. The first-order valence-corrected chi connectivity index (χ1v) is 8.04. The third kappa shape index (κ3) is 3.41. The first-order valence-electron chi connectivity index (χ1n) is 8.04. The molecule has 0 bridgehead atoms. The van der Waals surface area contributed by atoms with Crippen LogP contribution in [0.2, 0.25) is 0 Å². The van der Waals surface area contributed by atoms with Crippen molar-refractivity contribution in [1.29, 1.82) is 0 Å². The highest BCUT2D eigenvalue weighted by Gasteiger charge is 2.23. The zero-order chi connectivity index (χ0) is 16.6. The van der Waals surface area contributed by atoms with Crippen molar-refractivity contribution in [3.8, 4) is 0 Å². The fourth-order valence-corrected chi connectivity index (χ4v) is 2.72. The molecule has 2 aromatic heterocycles. The lowest BCUT2D eigenvalue weighted by Crippen LogP contribution is -2.20. The number of rotatable bonds is 4. The molecule has 0 atom stereocenters. The van der Waals surface area contributed by atoms with E-state index in [0.717, 1.165) is 48.5 Å². The predicted molar refractivity (Wildman–Crippen MR) is 91.6 cm³/mol. The van der Waals surface area contributed by atoms with Crippen molar-refractivity contribution >= 4 is 11.8 Å². The second-order valence-electron chi connectivity index (χ2n) is 6.77. The number of fused-ring (bicyclic) bond motifs is 1. The zero-order valence-electron chi connectivity index (χ0n) is 14.5. The number of hydrogen-bond donors (Lipinski definition) is 0. The predicted octanol–water partition coefficient (Wildman–Crippen LogP) is 2.36. The van der Waals surface area contributed by atoms with Gasteiger partial charge in [-0.05, 0) is 12.8 Å². The van der Waals surface area contributed by atoms with Crippen LogP contribution in [-0.4, -0.2) is 34.0 Å². The number of aryl methyl sites for hydroxylation is 1. The summed E-state index contributed by atoms with van der Waals surface area (Å²) in [6.07, 6.45) is 2.89. The fraction of sp³-hybridized carbons (Fsp3) is 0.529. The lowest BCUT2D eigenvalue weighted by atomic mass is 10.1. The van der Waals surface area contributed by atoms with Gasteiger partial charge in [0.15, 0.2) is 0 Å². The molecule has 6 nitrogen and oxygen atoms in total. The topological polar surface area (TPSA) is 58.0 Å². The molecule has 0 radical (unpaired) electrons. The van der Waals surface area contributed by atoms with Crippen LogP contribution in [0.1, 0.15) is 36.6 Å². The summed E-state index contributed by atoms with van der Waals surface area (Å²) in [4.78, 5) is 22.5. The molecule has 23 heavy (non-hydrogen) atoms. The molecule has 0 unspecified atom stereocenters. The summed E-state index contributed by atoms with van der Waals surface area (Å²) in [5.74, 6) is 3.19. The van der Waals surface area contributed by atoms with E-state index in [-0.39, 0.29) is 0 Å². The van der Waals surface area contributed by atoms with Crippen molar-refractivity contribution in [2.24, 2.45) is 5.92 Å². The highest BCUT2D eigenvalue weighted by molar-refractivity contribution is 5.49. The van der Waals surface area contributed by atoms with Crippen LogP contribution in [0.3, 0.4) is 0 Å². The molecule has 1 aliphatic rings. The van der Waals surface area contributed by atoms with Crippen molar-refractivity contribution in [2.45, 2.75) is 40.3 Å². The SMILES string of the molecule is Cc1cc(N2Cc3cnc(CC(C)C)nc3C2)nc(N(C)C)n1. The largest absolute Gasteiger partial charge is 0.347 e. The maximum absolute atomic E-state index is 4.74. The molecule has 0 N–H and O–H groups in total. The smallest absolute Gasteiger partial charge is 0.226 e. The van der Waals surface area contributed by atoms with Gasteiger partial charge >= 0.3 is 0 Å². The maximum atomic E-state index is 4.74. The van der Waals surface area contributed by atoms with E-state index in [0.29, 0.717) is 5.92 Å². The van der Waals surface area contributed by atoms with E-state index in [2.05, 4.69) is 33.7 Å². The van der Waals surface area contributed by atoms with E-state index in [1.807, 2.05) is 38.2 Å². The molecule has 0 saturated heterocycles. The van der Waals surface area contributed by atoms with Crippen molar-refractivity contribution in [3.63, 3.8) is 0 Å². The number of nitrogens with zero attached hydrogens (tertiary/aromatic N) is 6. The Kier molecular flexibility index (Phi) is 4.15. The molecule has 0 saturated carbocycles. The minimum absolute atomic E-state index is 0.567. The second kappa shape index (κ2) is 6.10. The number of anilines is 2. The van der Waals surface area contributed by atoms with Gasteiger partial charge < -0.3 is 9.80 Å². The molecule has 3 rings (SSSR count). The molecule has 0 amide bonds. The molecule has 122 valence electrons. The van der Waals surface area contributed by atoms with Crippen LogP contribution >= 0.6 is 0 Å². The molecule has 6 heteroatoms. The number of aromatic nitrogens is 4. The molecular weight excluding hydrogens is 288 g/mol. The van der Waals surface area contributed by atoms with E-state index in [1.54, 1.807) is 0 Å². The average Bonchev–Trinajstić information content (AvgIpc) is 2.89. The van der Waals surface area contributed by atoms with Crippen LogP contribution in [0.25, 0.3) is 0 Å². The Morgan fingerprint density at radius 2 is 1.96 bits per heavy atom. The third-order valence-corrected chi connectivity index (χ3v) is 3.85. The van der Waals surface area contributed by atoms with Crippen LogP contribution in [0.4, 0.5) is 11.8 Å². The fourth-order valence-electron chi connectivity index (χ4n) is 2.72. The van der Waals surface area contributed by atoms with Gasteiger partial charge in [0.2, 0.25) is 5.95 Å². The van der Waals surface area contributed by atoms with Crippen molar-refractivity contribution in [3.05, 3.63) is 35.0 Å². The van der Waals surface area contributed by atoms with E-state index < -0.39 is 0 Å². The Bertz CT molecular complexity index is 710. The van der Waals surface area contributed by atoms with Crippen LogP contribution in [-0.2, 0) is 19.5 Å². The Labute approximate surface area is 137 Å². The normalized spacial score (nSPS) is 13.6. The third-order valence-electron chi connectivity index (χ3n) is 3.85. The molecular formula is C17H24N6. The zero-order valence-corrected chi connectivity index (χ0v) is 14.5. The van der Waals surface area contributed by atoms with E-state index in [4.69, 9.17) is 4.98 Å². The maximum Gasteiger partial charge on any atom is 0.226 e. The van der Waals surface area contributed by atoms with Crippen molar-refractivity contribution < 1.29 is 0 Å². The molecule has 0 aromatic carbocycles. The van der Waals surface area contributed by atoms with E-state index >= 15 is 0 Å². The van der Waals surface area contributed by atoms with E-state index in [1.165, 1.54) is 5.56 Å². The van der Waals surface area contributed by atoms with Gasteiger partial charge in [-0.15, -0.1) is 0 Å². The highest BCUT2D eigenvalue weighted by atomic mass is 15.3. The number of hydrogen-bond acceptors (Lipinski definition) is 6. The molecule has 2 aromatic rings. The van der Waals surface area contributed by atoms with Crippen molar-refractivity contribution in [2.75, 3.05) is 23.9 Å². The van der Waals surface area contributed by atoms with Crippen molar-refractivity contribution in [1.82, 2.24) is 19.9 Å². The van der Waals surface area contributed by atoms with Crippen LogP contribution in [0.15, 0.2) is 12.3 Å². The summed E-state index contributed by atoms with van der Waals surface area (Å²) in [5, 5.41) is 0. The molecule has 0 fully saturated rings. The van der Waals surface area contributed by atoms with Gasteiger partial charge in [-0.25, -0.2) is 15.0 Å². The molecule has 1 aliphatic heterocycles. The monoisotopic (exact) mass is 312 g/mol. The van der Waals surface area contributed by atoms with Gasteiger partial charge in [-0.1, -0.05) is 13.8 Å². The van der Waals surface area contributed by atoms with Crippen LogP contribution in [0.5, 0.6) is 0 Å². The van der Waals surface area contributed by atoms with Gasteiger partial charge in [0.25, 0.3) is 0 Å². The average molecular weight is 312 g/mol. The van der Waals surface area contributed by atoms with Gasteiger partial charge in [0.05, 0.1) is 12.2 Å². The lowest BCUT2D eigenvalue weighted by Gasteiger charge is -2.19. The summed E-state index contributed by atoms with van der Waals surface area (Å²) in [7, 11) is 3.92. The van der Waals surface area contributed by atoms with Gasteiger partial charge in [0, 0.05) is 50.6 Å². The highest BCUT2D eigenvalue weighted by Crippen LogP contribution is 2.27. The lowest BCUT2D eigenvalue weighted by molar-refractivity contribution is 0.617.